The van der Waals surface area contributed by atoms with Crippen molar-refractivity contribution in [1.29, 1.82) is 0 Å². The number of hydrogen-bond acceptors (Lipinski definition) is 3. The molecule has 2 heterocycles. The van der Waals surface area contributed by atoms with E-state index in [9.17, 15) is 4.39 Å². The molecule has 90 valence electrons. The van der Waals surface area contributed by atoms with Gasteiger partial charge in [-0.05, 0) is 24.3 Å². The van der Waals surface area contributed by atoms with E-state index in [-0.39, 0.29) is 5.02 Å². The number of hydrogen-bond donors (Lipinski definition) is 1. The van der Waals surface area contributed by atoms with Crippen molar-refractivity contribution < 1.29 is 4.39 Å². The Morgan fingerprint density at radius 1 is 1.22 bits per heavy atom. The number of aromatic nitrogens is 3. The standard InChI is InChI=1S/C12H8ClFN4/c13-9-7-8(1-2-10(9)14)17-12-11-3-4-16-18(11)6-5-15-12/h1-7H,(H,15,17). The van der Waals surface area contributed by atoms with Crippen molar-refractivity contribution in [2.24, 2.45) is 0 Å². The summed E-state index contributed by atoms with van der Waals surface area (Å²) in [6, 6.07) is 6.25. The first-order chi connectivity index (χ1) is 8.74. The molecule has 1 aromatic carbocycles. The molecular weight excluding hydrogens is 255 g/mol. The van der Waals surface area contributed by atoms with Gasteiger partial charge in [0.2, 0.25) is 0 Å². The van der Waals surface area contributed by atoms with Gasteiger partial charge in [-0.2, -0.15) is 5.10 Å². The molecule has 0 saturated heterocycles. The molecule has 0 aliphatic heterocycles. The van der Waals surface area contributed by atoms with E-state index in [4.69, 9.17) is 11.6 Å². The van der Waals surface area contributed by atoms with Crippen LogP contribution in [0.15, 0.2) is 42.9 Å². The van der Waals surface area contributed by atoms with Crippen molar-refractivity contribution in [3.05, 3.63) is 53.7 Å². The van der Waals surface area contributed by atoms with Gasteiger partial charge in [-0.1, -0.05) is 11.6 Å². The lowest BCUT2D eigenvalue weighted by Gasteiger charge is -2.07. The topological polar surface area (TPSA) is 42.2 Å². The van der Waals surface area contributed by atoms with Crippen molar-refractivity contribution in [3.63, 3.8) is 0 Å². The molecule has 3 aromatic rings. The summed E-state index contributed by atoms with van der Waals surface area (Å²) in [4.78, 5) is 4.22. The molecule has 0 aliphatic rings. The van der Waals surface area contributed by atoms with Crippen molar-refractivity contribution in [1.82, 2.24) is 14.6 Å². The Kier molecular flexibility index (Phi) is 2.60. The van der Waals surface area contributed by atoms with E-state index in [0.717, 1.165) is 5.52 Å². The van der Waals surface area contributed by atoms with Gasteiger partial charge in [0.1, 0.15) is 11.3 Å². The van der Waals surface area contributed by atoms with Crippen LogP contribution in [0.3, 0.4) is 0 Å². The minimum atomic E-state index is -0.447. The zero-order chi connectivity index (χ0) is 12.5. The van der Waals surface area contributed by atoms with Crippen molar-refractivity contribution in [3.8, 4) is 0 Å². The molecule has 3 rings (SSSR count). The molecule has 0 aliphatic carbocycles. The van der Waals surface area contributed by atoms with Gasteiger partial charge in [0, 0.05) is 18.1 Å². The predicted octanol–water partition coefficient (Wildman–Crippen LogP) is 3.27. The smallest absolute Gasteiger partial charge is 0.156 e. The zero-order valence-electron chi connectivity index (χ0n) is 9.14. The third kappa shape index (κ3) is 1.89. The van der Waals surface area contributed by atoms with Crippen LogP contribution in [0, 0.1) is 5.82 Å². The molecule has 0 radical (unpaired) electrons. The van der Waals surface area contributed by atoms with Crippen LogP contribution in [0.2, 0.25) is 5.02 Å². The van der Waals surface area contributed by atoms with E-state index >= 15 is 0 Å². The molecule has 2 aromatic heterocycles. The summed E-state index contributed by atoms with van der Waals surface area (Å²) in [6.07, 6.45) is 5.06. The summed E-state index contributed by atoms with van der Waals surface area (Å²) in [7, 11) is 0. The number of halogens is 2. The first-order valence-corrected chi connectivity index (χ1v) is 5.62. The summed E-state index contributed by atoms with van der Waals surface area (Å²) in [6.45, 7) is 0. The number of benzene rings is 1. The zero-order valence-corrected chi connectivity index (χ0v) is 9.89. The number of rotatable bonds is 2. The SMILES string of the molecule is Fc1ccc(Nc2nccn3nccc23)cc1Cl. The maximum Gasteiger partial charge on any atom is 0.156 e. The van der Waals surface area contributed by atoms with E-state index < -0.39 is 5.82 Å². The highest BCUT2D eigenvalue weighted by Crippen LogP contribution is 2.23. The summed E-state index contributed by atoms with van der Waals surface area (Å²) in [5.74, 6) is 0.190. The molecule has 0 spiro atoms. The Labute approximate surface area is 107 Å². The molecule has 4 nitrogen and oxygen atoms in total. The fourth-order valence-corrected chi connectivity index (χ4v) is 1.85. The van der Waals surface area contributed by atoms with Crippen molar-refractivity contribution in [2.45, 2.75) is 0 Å². The van der Waals surface area contributed by atoms with Crippen LogP contribution in [-0.4, -0.2) is 14.6 Å². The average Bonchev–Trinajstić information content (AvgIpc) is 2.83. The molecule has 0 bridgehead atoms. The minimum absolute atomic E-state index is 0.0699. The van der Waals surface area contributed by atoms with E-state index in [1.165, 1.54) is 12.1 Å². The van der Waals surface area contributed by atoms with Crippen LogP contribution in [0.4, 0.5) is 15.9 Å². The quantitative estimate of drug-likeness (QED) is 0.771. The lowest BCUT2D eigenvalue weighted by Crippen LogP contribution is -1.97. The van der Waals surface area contributed by atoms with Crippen LogP contribution in [0.25, 0.3) is 5.52 Å². The van der Waals surface area contributed by atoms with Crippen LogP contribution in [0.5, 0.6) is 0 Å². The molecule has 0 fully saturated rings. The Morgan fingerprint density at radius 3 is 2.94 bits per heavy atom. The van der Waals surface area contributed by atoms with Gasteiger partial charge in [0.25, 0.3) is 0 Å². The minimum Gasteiger partial charge on any atom is -0.338 e. The molecule has 0 unspecified atom stereocenters. The predicted molar refractivity (Wildman–Crippen MR) is 67.7 cm³/mol. The maximum absolute atomic E-state index is 13.1. The Balaban J connectivity index is 2.01. The van der Waals surface area contributed by atoms with E-state index in [0.29, 0.717) is 11.5 Å². The second-order valence-electron chi connectivity index (χ2n) is 3.69. The van der Waals surface area contributed by atoms with Gasteiger partial charge in [-0.15, -0.1) is 0 Å². The van der Waals surface area contributed by atoms with Crippen LogP contribution in [0.1, 0.15) is 0 Å². The van der Waals surface area contributed by atoms with Gasteiger partial charge in [-0.3, -0.25) is 0 Å². The number of fused-ring (bicyclic) bond motifs is 1. The highest BCUT2D eigenvalue weighted by Gasteiger charge is 2.05. The van der Waals surface area contributed by atoms with Crippen LogP contribution in [-0.2, 0) is 0 Å². The average molecular weight is 263 g/mol. The lowest BCUT2D eigenvalue weighted by molar-refractivity contribution is 0.628. The van der Waals surface area contributed by atoms with Gasteiger partial charge >= 0.3 is 0 Å². The van der Waals surface area contributed by atoms with Gasteiger partial charge in [0.15, 0.2) is 5.82 Å². The second-order valence-corrected chi connectivity index (χ2v) is 4.10. The van der Waals surface area contributed by atoms with Crippen molar-refractivity contribution in [2.75, 3.05) is 5.32 Å². The number of anilines is 2. The molecule has 0 atom stereocenters. The van der Waals surface area contributed by atoms with E-state index in [1.807, 2.05) is 6.07 Å². The van der Waals surface area contributed by atoms with Crippen LogP contribution < -0.4 is 5.32 Å². The normalized spacial score (nSPS) is 10.8. The van der Waals surface area contributed by atoms with E-state index in [1.54, 1.807) is 29.2 Å². The highest BCUT2D eigenvalue weighted by molar-refractivity contribution is 6.31. The third-order valence-electron chi connectivity index (χ3n) is 2.51. The van der Waals surface area contributed by atoms with Crippen LogP contribution >= 0.6 is 11.6 Å². The summed E-state index contributed by atoms with van der Waals surface area (Å²) < 4.78 is 14.7. The fourth-order valence-electron chi connectivity index (χ4n) is 1.66. The third-order valence-corrected chi connectivity index (χ3v) is 2.80. The summed E-state index contributed by atoms with van der Waals surface area (Å²) in [5, 5.41) is 7.25. The largest absolute Gasteiger partial charge is 0.338 e. The Morgan fingerprint density at radius 2 is 2.11 bits per heavy atom. The molecule has 0 saturated carbocycles. The molecule has 6 heteroatoms. The van der Waals surface area contributed by atoms with E-state index in [2.05, 4.69) is 15.4 Å². The Bertz CT molecular complexity index is 710. The van der Waals surface area contributed by atoms with Crippen molar-refractivity contribution >= 4 is 28.6 Å². The van der Waals surface area contributed by atoms with Gasteiger partial charge < -0.3 is 5.32 Å². The molecule has 0 amide bonds. The molecule has 18 heavy (non-hydrogen) atoms. The second kappa shape index (κ2) is 4.27. The first kappa shape index (κ1) is 11.0. The van der Waals surface area contributed by atoms with Gasteiger partial charge in [-0.25, -0.2) is 13.9 Å². The molecule has 1 N–H and O–H groups in total. The summed E-state index contributed by atoms with van der Waals surface area (Å²) >= 11 is 5.72. The highest BCUT2D eigenvalue weighted by atomic mass is 35.5. The monoisotopic (exact) mass is 262 g/mol. The summed E-state index contributed by atoms with van der Waals surface area (Å²) in [5.41, 5.74) is 1.50. The first-order valence-electron chi connectivity index (χ1n) is 5.24. The Hall–Kier alpha value is -2.14. The number of nitrogens with one attached hydrogen (secondary N) is 1. The number of nitrogens with zero attached hydrogens (tertiary/aromatic N) is 3. The molecular formula is C12H8ClFN4. The van der Waals surface area contributed by atoms with Gasteiger partial charge in [0.05, 0.1) is 11.2 Å². The maximum atomic E-state index is 13.1. The fraction of sp³-hybridized carbons (Fsp3) is 0. The lowest BCUT2D eigenvalue weighted by atomic mass is 10.3.